The summed E-state index contributed by atoms with van der Waals surface area (Å²) >= 11 is 12.2. The molecule has 0 atom stereocenters. The van der Waals surface area contributed by atoms with Crippen LogP contribution in [0.25, 0.3) is 0 Å². The molecule has 0 unspecified atom stereocenters. The molecule has 1 N–H and O–H groups in total. The molecule has 0 heterocycles. The third-order valence-electron chi connectivity index (χ3n) is 4.58. The van der Waals surface area contributed by atoms with Crippen LogP contribution in [0.2, 0.25) is 10.0 Å². The first-order valence-electron chi connectivity index (χ1n) is 9.26. The fourth-order valence-corrected chi connectivity index (χ4v) is 4.46. The normalized spacial score (nSPS) is 11.2. The number of sulfonamides is 1. The minimum absolute atomic E-state index is 0.0237. The zero-order chi connectivity index (χ0) is 23.5. The molecule has 32 heavy (non-hydrogen) atoms. The molecule has 3 rings (SSSR count). The number of rotatable bonds is 7. The van der Waals surface area contributed by atoms with E-state index in [0.717, 1.165) is 24.3 Å². The second-order valence-electron chi connectivity index (χ2n) is 6.87. The molecule has 168 valence electrons. The molecule has 0 saturated carbocycles. The van der Waals surface area contributed by atoms with E-state index in [9.17, 15) is 17.6 Å². The third-order valence-corrected chi connectivity index (χ3v) is 6.52. The highest BCUT2D eigenvalue weighted by Gasteiger charge is 2.19. The number of carbonyl (C=O) groups excluding carboxylic acids is 1. The number of carbonyl (C=O) groups is 1. The molecule has 0 radical (unpaired) electrons. The second kappa shape index (κ2) is 9.77. The van der Waals surface area contributed by atoms with Gasteiger partial charge in [0.2, 0.25) is 0 Å². The van der Waals surface area contributed by atoms with Crippen molar-refractivity contribution < 1.29 is 22.3 Å². The van der Waals surface area contributed by atoms with Gasteiger partial charge in [-0.05, 0) is 60.7 Å². The summed E-state index contributed by atoms with van der Waals surface area (Å²) in [5, 5.41) is 0.608. The van der Waals surface area contributed by atoms with Crippen LogP contribution in [0.3, 0.4) is 0 Å². The Kier molecular flexibility index (Phi) is 7.28. The maximum atomic E-state index is 13.1. The van der Waals surface area contributed by atoms with E-state index in [0.29, 0.717) is 16.3 Å². The molecule has 10 heteroatoms. The van der Waals surface area contributed by atoms with Gasteiger partial charge in [0.1, 0.15) is 11.6 Å². The van der Waals surface area contributed by atoms with E-state index in [4.69, 9.17) is 27.9 Å². The fourth-order valence-electron chi connectivity index (χ4n) is 2.97. The second-order valence-corrected chi connectivity index (χ2v) is 9.40. The molecular weight excluding hydrogens is 478 g/mol. The first-order chi connectivity index (χ1) is 15.1. The highest BCUT2D eigenvalue weighted by molar-refractivity contribution is 7.92. The number of nitrogens with one attached hydrogen (secondary N) is 1. The van der Waals surface area contributed by atoms with Crippen LogP contribution in [-0.4, -0.2) is 33.4 Å². The minimum atomic E-state index is -4.03. The SMILES string of the molecule is COc1ccc(Cl)cc1CN(C)C(=O)c1ccc(Cl)c(NS(=O)(=O)c2ccc(F)cc2)c1. The van der Waals surface area contributed by atoms with Gasteiger partial charge in [-0.1, -0.05) is 23.2 Å². The Bertz CT molecular complexity index is 1250. The zero-order valence-corrected chi connectivity index (χ0v) is 19.4. The minimum Gasteiger partial charge on any atom is -0.496 e. The predicted molar refractivity (Wildman–Crippen MR) is 122 cm³/mol. The number of nitrogens with zero attached hydrogens (tertiary/aromatic N) is 1. The smallest absolute Gasteiger partial charge is 0.261 e. The van der Waals surface area contributed by atoms with Gasteiger partial charge >= 0.3 is 0 Å². The van der Waals surface area contributed by atoms with E-state index in [1.54, 1.807) is 25.2 Å². The molecule has 0 spiro atoms. The Balaban J connectivity index is 1.84. The molecule has 0 saturated heterocycles. The number of amides is 1. The summed E-state index contributed by atoms with van der Waals surface area (Å²) in [7, 11) is -0.917. The Labute approximate surface area is 195 Å². The van der Waals surface area contributed by atoms with Gasteiger partial charge in [-0.15, -0.1) is 0 Å². The lowest BCUT2D eigenvalue weighted by Gasteiger charge is -2.20. The topological polar surface area (TPSA) is 75.7 Å². The lowest BCUT2D eigenvalue weighted by molar-refractivity contribution is 0.0784. The lowest BCUT2D eigenvalue weighted by Crippen LogP contribution is -2.26. The highest BCUT2D eigenvalue weighted by Crippen LogP contribution is 2.28. The van der Waals surface area contributed by atoms with Crippen LogP contribution in [0.5, 0.6) is 5.75 Å². The molecule has 0 bridgehead atoms. The van der Waals surface area contributed by atoms with Crippen LogP contribution in [0.1, 0.15) is 15.9 Å². The van der Waals surface area contributed by atoms with Crippen molar-refractivity contribution in [3.05, 3.63) is 87.7 Å². The molecule has 0 aliphatic heterocycles. The van der Waals surface area contributed by atoms with Crippen molar-refractivity contribution in [1.82, 2.24) is 4.90 Å². The van der Waals surface area contributed by atoms with Gasteiger partial charge in [0.05, 0.1) is 22.7 Å². The van der Waals surface area contributed by atoms with Crippen LogP contribution in [-0.2, 0) is 16.6 Å². The van der Waals surface area contributed by atoms with Gasteiger partial charge < -0.3 is 9.64 Å². The Morgan fingerprint density at radius 1 is 1.06 bits per heavy atom. The average molecular weight is 497 g/mol. The molecular formula is C22H19Cl2FN2O4S. The summed E-state index contributed by atoms with van der Waals surface area (Å²) in [4.78, 5) is 14.3. The maximum Gasteiger partial charge on any atom is 0.261 e. The summed E-state index contributed by atoms with van der Waals surface area (Å²) in [6.07, 6.45) is 0. The van der Waals surface area contributed by atoms with Gasteiger partial charge in [-0.2, -0.15) is 0 Å². The Morgan fingerprint density at radius 2 is 1.75 bits per heavy atom. The average Bonchev–Trinajstić information content (AvgIpc) is 2.75. The van der Waals surface area contributed by atoms with Gasteiger partial charge in [-0.3, -0.25) is 9.52 Å². The van der Waals surface area contributed by atoms with Crippen LogP contribution in [0.4, 0.5) is 10.1 Å². The van der Waals surface area contributed by atoms with Crippen molar-refractivity contribution in [3.63, 3.8) is 0 Å². The van der Waals surface area contributed by atoms with Crippen molar-refractivity contribution in [3.8, 4) is 5.75 Å². The van der Waals surface area contributed by atoms with Gasteiger partial charge in [0.15, 0.2) is 0 Å². The van der Waals surface area contributed by atoms with Gasteiger partial charge in [0.25, 0.3) is 15.9 Å². The van der Waals surface area contributed by atoms with Crippen molar-refractivity contribution in [1.29, 1.82) is 0 Å². The van der Waals surface area contributed by atoms with E-state index in [1.807, 2.05) is 0 Å². The highest BCUT2D eigenvalue weighted by atomic mass is 35.5. The number of hydrogen-bond acceptors (Lipinski definition) is 4. The number of benzene rings is 3. The summed E-state index contributed by atoms with van der Waals surface area (Å²) < 4.78 is 46.0. The standard InChI is InChI=1S/C22H19Cl2FN2O4S/c1-27(13-15-11-16(23)4-10-21(15)31-2)22(28)14-3-9-19(24)20(12-14)26-32(29,30)18-7-5-17(25)6-8-18/h3-12,26H,13H2,1-2H3. The van der Waals surface area contributed by atoms with E-state index < -0.39 is 15.8 Å². The van der Waals surface area contributed by atoms with Gasteiger partial charge in [-0.25, -0.2) is 12.8 Å². The van der Waals surface area contributed by atoms with Gasteiger partial charge in [0, 0.05) is 29.7 Å². The number of ether oxygens (including phenoxy) is 1. The molecule has 1 amide bonds. The first kappa shape index (κ1) is 23.8. The number of halogens is 3. The van der Waals surface area contributed by atoms with Crippen molar-refractivity contribution in [2.24, 2.45) is 0 Å². The van der Waals surface area contributed by atoms with Crippen LogP contribution in [0.15, 0.2) is 65.6 Å². The van der Waals surface area contributed by atoms with Crippen LogP contribution < -0.4 is 9.46 Å². The first-order valence-corrected chi connectivity index (χ1v) is 11.5. The van der Waals surface area contributed by atoms with Crippen molar-refractivity contribution in [2.75, 3.05) is 18.9 Å². The van der Waals surface area contributed by atoms with Crippen molar-refractivity contribution in [2.45, 2.75) is 11.4 Å². The van der Waals surface area contributed by atoms with Crippen LogP contribution >= 0.6 is 23.2 Å². The van der Waals surface area contributed by atoms with E-state index in [2.05, 4.69) is 4.72 Å². The fraction of sp³-hybridized carbons (Fsp3) is 0.136. The molecule has 0 aromatic heterocycles. The van der Waals surface area contributed by atoms with E-state index in [-0.39, 0.29) is 33.6 Å². The zero-order valence-electron chi connectivity index (χ0n) is 17.1. The predicted octanol–water partition coefficient (Wildman–Crippen LogP) is 5.21. The van der Waals surface area contributed by atoms with E-state index >= 15 is 0 Å². The molecule has 0 aliphatic carbocycles. The maximum absolute atomic E-state index is 13.1. The lowest BCUT2D eigenvalue weighted by atomic mass is 10.1. The molecule has 3 aromatic rings. The number of hydrogen-bond donors (Lipinski definition) is 1. The van der Waals surface area contributed by atoms with E-state index in [1.165, 1.54) is 30.2 Å². The molecule has 0 fully saturated rings. The van der Waals surface area contributed by atoms with Crippen LogP contribution in [0, 0.1) is 5.82 Å². The largest absolute Gasteiger partial charge is 0.496 e. The summed E-state index contributed by atoms with van der Waals surface area (Å²) in [6.45, 7) is 0.210. The Hall–Kier alpha value is -2.81. The summed E-state index contributed by atoms with van der Waals surface area (Å²) in [6, 6.07) is 13.7. The van der Waals surface area contributed by atoms with Crippen molar-refractivity contribution >= 4 is 44.8 Å². The quantitative estimate of drug-likeness (QED) is 0.486. The number of methoxy groups -OCH3 is 1. The Morgan fingerprint density at radius 3 is 2.41 bits per heavy atom. The molecule has 3 aromatic carbocycles. The summed E-state index contributed by atoms with van der Waals surface area (Å²) in [5.41, 5.74) is 0.951. The summed E-state index contributed by atoms with van der Waals surface area (Å²) in [5.74, 6) is -0.349. The molecule has 6 nitrogen and oxygen atoms in total. The monoisotopic (exact) mass is 496 g/mol. The molecule has 0 aliphatic rings. The number of anilines is 1. The third kappa shape index (κ3) is 5.51.